The van der Waals surface area contributed by atoms with E-state index in [1.165, 1.54) is 22.7 Å². The molecule has 5 aromatic rings. The maximum absolute atomic E-state index is 12.8. The fourth-order valence-corrected chi connectivity index (χ4v) is 7.08. The second-order valence-corrected chi connectivity index (χ2v) is 11.7. The maximum atomic E-state index is 12.8. The van der Waals surface area contributed by atoms with Crippen LogP contribution in [0.15, 0.2) is 59.1 Å². The average molecular weight is 563 g/mol. The van der Waals surface area contributed by atoms with Gasteiger partial charge in [-0.1, -0.05) is 29.8 Å². The van der Waals surface area contributed by atoms with Gasteiger partial charge >= 0.3 is 12.1 Å². The summed E-state index contributed by atoms with van der Waals surface area (Å²) in [6.07, 6.45) is 1.70. The van der Waals surface area contributed by atoms with Crippen LogP contribution in [0.5, 0.6) is 0 Å². The first kappa shape index (κ1) is 24.5. The Morgan fingerprint density at radius 3 is 2.74 bits per heavy atom. The summed E-state index contributed by atoms with van der Waals surface area (Å²) in [5.74, 6) is 5.62. The second-order valence-electron chi connectivity index (χ2n) is 8.96. The van der Waals surface area contributed by atoms with Crippen molar-refractivity contribution < 1.29 is 23.8 Å². The van der Waals surface area contributed by atoms with E-state index in [9.17, 15) is 14.7 Å². The molecule has 0 spiro atoms. The Labute approximate surface area is 230 Å². The van der Waals surface area contributed by atoms with Gasteiger partial charge in [0, 0.05) is 27.0 Å². The molecule has 0 saturated heterocycles. The largest absolute Gasteiger partial charge is 0.481 e. The second kappa shape index (κ2) is 9.48. The number of furan rings is 1. The van der Waals surface area contributed by atoms with Crippen LogP contribution < -0.4 is 5.32 Å². The molecule has 10 heteroatoms. The number of fused-ring (bicyclic) bond motifs is 2. The number of benzene rings is 1. The van der Waals surface area contributed by atoms with Crippen LogP contribution in [-0.4, -0.2) is 22.2 Å². The van der Waals surface area contributed by atoms with E-state index >= 15 is 0 Å². The Hall–Kier alpha value is -3.84. The first-order valence-electron chi connectivity index (χ1n) is 11.7. The molecule has 1 atom stereocenters. The quantitative estimate of drug-likeness (QED) is 0.214. The zero-order chi connectivity index (χ0) is 26.4. The van der Waals surface area contributed by atoms with E-state index < -0.39 is 23.6 Å². The summed E-state index contributed by atoms with van der Waals surface area (Å²) in [5, 5.41) is 14.4. The van der Waals surface area contributed by atoms with Gasteiger partial charge in [-0.15, -0.1) is 22.7 Å². The molecule has 4 heterocycles. The number of anilines is 1. The zero-order valence-corrected chi connectivity index (χ0v) is 22.3. The van der Waals surface area contributed by atoms with Crippen LogP contribution in [0.2, 0.25) is 5.02 Å². The summed E-state index contributed by atoms with van der Waals surface area (Å²) in [4.78, 5) is 30.4. The standard InChI is InChI=1S/C28H19ClN2O5S2/c1-15(18-5-2-3-7-20(18)29)35-27(34)31-23-19-6-4-12-30-24(19)36-21(23)9-8-17-13-16-14-22(38-25(16)37-17)28(10-11-28)26(32)33/h2-7,12-15H,10-11H2,1H3,(H,31,34)(H,32,33). The Morgan fingerprint density at radius 1 is 1.18 bits per heavy atom. The van der Waals surface area contributed by atoms with Gasteiger partial charge in [0.05, 0.1) is 14.3 Å². The number of carbonyl (C=O) groups is 2. The first-order chi connectivity index (χ1) is 18.3. The Bertz CT molecular complexity index is 1760. The van der Waals surface area contributed by atoms with Crippen molar-refractivity contribution in [3.8, 4) is 11.8 Å². The smallest absolute Gasteiger partial charge is 0.412 e. The van der Waals surface area contributed by atoms with Gasteiger partial charge < -0.3 is 14.3 Å². The number of aliphatic carboxylic acids is 1. The van der Waals surface area contributed by atoms with E-state index in [1.807, 2.05) is 24.3 Å². The number of nitrogens with zero attached hydrogens (tertiary/aromatic N) is 1. The first-order valence-corrected chi connectivity index (χ1v) is 13.7. The third-order valence-corrected chi connectivity index (χ3v) is 9.32. The molecule has 190 valence electrons. The van der Waals surface area contributed by atoms with Gasteiger partial charge in [0.1, 0.15) is 17.2 Å². The minimum Gasteiger partial charge on any atom is -0.481 e. The number of hydrogen-bond acceptors (Lipinski definition) is 7. The van der Waals surface area contributed by atoms with Crippen molar-refractivity contribution in [2.75, 3.05) is 5.32 Å². The van der Waals surface area contributed by atoms with Crippen molar-refractivity contribution in [3.63, 3.8) is 0 Å². The predicted octanol–water partition coefficient (Wildman–Crippen LogP) is 7.58. The number of aromatic nitrogens is 1. The van der Waals surface area contributed by atoms with E-state index in [0.29, 0.717) is 40.2 Å². The zero-order valence-electron chi connectivity index (χ0n) is 19.9. The molecule has 2 N–H and O–H groups in total. The number of rotatable bonds is 5. The molecule has 7 nitrogen and oxygen atoms in total. The van der Waals surface area contributed by atoms with Gasteiger partial charge in [0.2, 0.25) is 11.5 Å². The maximum Gasteiger partial charge on any atom is 0.412 e. The van der Waals surface area contributed by atoms with Crippen molar-refractivity contribution in [1.82, 2.24) is 4.98 Å². The van der Waals surface area contributed by atoms with Crippen molar-refractivity contribution >= 4 is 72.5 Å². The molecule has 1 amide bonds. The molecule has 0 radical (unpaired) electrons. The SMILES string of the molecule is CC(OC(=O)Nc1c(C#Cc2cc3cc(C4(C(=O)O)CC4)sc3s2)oc2ncccc12)c1ccccc1Cl. The van der Waals surface area contributed by atoms with Crippen LogP contribution in [0, 0.1) is 11.8 Å². The average Bonchev–Trinajstić information content (AvgIpc) is 3.32. The van der Waals surface area contributed by atoms with E-state index in [-0.39, 0.29) is 5.76 Å². The molecular weight excluding hydrogens is 544 g/mol. The lowest BCUT2D eigenvalue weighted by Gasteiger charge is -2.15. The van der Waals surface area contributed by atoms with Crippen LogP contribution >= 0.6 is 34.3 Å². The molecule has 1 aromatic carbocycles. The van der Waals surface area contributed by atoms with Gasteiger partial charge in [-0.3, -0.25) is 10.1 Å². The number of carbonyl (C=O) groups excluding carboxylic acids is 1. The van der Waals surface area contributed by atoms with E-state index in [4.69, 9.17) is 20.8 Å². The lowest BCUT2D eigenvalue weighted by molar-refractivity contribution is -0.139. The number of hydrogen-bond donors (Lipinski definition) is 2. The third kappa shape index (κ3) is 4.41. The minimum absolute atomic E-state index is 0.251. The van der Waals surface area contributed by atoms with E-state index in [0.717, 1.165) is 19.2 Å². The molecule has 4 aromatic heterocycles. The molecule has 1 saturated carbocycles. The van der Waals surface area contributed by atoms with Crippen LogP contribution in [0.25, 0.3) is 20.5 Å². The number of amides is 1. The van der Waals surface area contributed by atoms with E-state index in [2.05, 4.69) is 22.1 Å². The number of ether oxygens (including phenoxy) is 1. The van der Waals surface area contributed by atoms with Crippen molar-refractivity contribution in [2.24, 2.45) is 0 Å². The van der Waals surface area contributed by atoms with Crippen LogP contribution in [-0.2, 0) is 14.9 Å². The molecule has 1 unspecified atom stereocenters. The summed E-state index contributed by atoms with van der Waals surface area (Å²) in [7, 11) is 0. The summed E-state index contributed by atoms with van der Waals surface area (Å²) in [5.41, 5.74) is 0.690. The number of carboxylic acids is 1. The monoisotopic (exact) mass is 562 g/mol. The van der Waals surface area contributed by atoms with Crippen LogP contribution in [0.3, 0.4) is 0 Å². The molecule has 38 heavy (non-hydrogen) atoms. The number of thiophene rings is 2. The molecule has 0 bridgehead atoms. The van der Waals surface area contributed by atoms with Crippen molar-refractivity contribution in [1.29, 1.82) is 0 Å². The fourth-order valence-electron chi connectivity index (χ4n) is 4.25. The predicted molar refractivity (Wildman–Crippen MR) is 148 cm³/mol. The lowest BCUT2D eigenvalue weighted by atomic mass is 10.1. The van der Waals surface area contributed by atoms with Gasteiger partial charge in [-0.2, -0.15) is 0 Å². The molecule has 0 aliphatic heterocycles. The highest BCUT2D eigenvalue weighted by atomic mass is 35.5. The number of carboxylic acid groups (broad SMARTS) is 1. The lowest BCUT2D eigenvalue weighted by Crippen LogP contribution is -2.17. The van der Waals surface area contributed by atoms with Gasteiger partial charge in [-0.25, -0.2) is 9.78 Å². The Morgan fingerprint density at radius 2 is 2.00 bits per heavy atom. The molecule has 6 rings (SSSR count). The van der Waals surface area contributed by atoms with Crippen molar-refractivity contribution in [3.05, 3.63) is 80.8 Å². The van der Waals surface area contributed by atoms with Gasteiger partial charge in [0.15, 0.2) is 0 Å². The van der Waals surface area contributed by atoms with Gasteiger partial charge in [-0.05, 0) is 61.9 Å². The molecule has 1 fully saturated rings. The van der Waals surface area contributed by atoms with Crippen molar-refractivity contribution in [2.45, 2.75) is 31.3 Å². The highest BCUT2D eigenvalue weighted by Crippen LogP contribution is 2.52. The highest BCUT2D eigenvalue weighted by molar-refractivity contribution is 7.38. The van der Waals surface area contributed by atoms with Gasteiger partial charge in [0.25, 0.3) is 0 Å². The van der Waals surface area contributed by atoms with Crippen LogP contribution in [0.4, 0.5) is 10.5 Å². The van der Waals surface area contributed by atoms with E-state index in [1.54, 1.807) is 37.4 Å². The molecule has 1 aliphatic rings. The number of nitrogens with one attached hydrogen (secondary N) is 1. The molecule has 1 aliphatic carbocycles. The summed E-state index contributed by atoms with van der Waals surface area (Å²) in [6, 6.07) is 14.6. The summed E-state index contributed by atoms with van der Waals surface area (Å²) >= 11 is 9.25. The minimum atomic E-state index is -0.760. The fraction of sp³-hybridized carbons (Fsp3) is 0.179. The summed E-state index contributed by atoms with van der Waals surface area (Å²) in [6.45, 7) is 1.74. The number of pyridine rings is 1. The molecular formula is C28H19ClN2O5S2. The Balaban J connectivity index is 1.26. The van der Waals surface area contributed by atoms with Crippen LogP contribution in [0.1, 0.15) is 46.9 Å². The topological polar surface area (TPSA) is 102 Å². The summed E-state index contributed by atoms with van der Waals surface area (Å²) < 4.78 is 12.4. The Kier molecular flexibility index (Phi) is 6.11. The number of halogens is 1. The third-order valence-electron chi connectivity index (χ3n) is 6.46. The normalized spacial score (nSPS) is 14.6. The highest BCUT2D eigenvalue weighted by Gasteiger charge is 2.53.